The highest BCUT2D eigenvalue weighted by Crippen LogP contribution is 2.25. The summed E-state index contributed by atoms with van der Waals surface area (Å²) in [5.41, 5.74) is 3.44. The normalized spacial score (nSPS) is 10.3. The molecule has 2 aromatic carbocycles. The van der Waals surface area contributed by atoms with E-state index in [0.717, 1.165) is 33.0 Å². The molecule has 0 radical (unpaired) electrons. The lowest BCUT2D eigenvalue weighted by Crippen LogP contribution is -2.01. The van der Waals surface area contributed by atoms with E-state index in [1.807, 2.05) is 36.4 Å². The van der Waals surface area contributed by atoms with Crippen molar-refractivity contribution in [2.75, 3.05) is 12.4 Å². The SMILES string of the molecule is COc1ccc(NCc2ccc(Cl)c(Br)c2)c(C)c1. The zero-order valence-electron chi connectivity index (χ0n) is 10.8. The van der Waals surface area contributed by atoms with E-state index in [4.69, 9.17) is 16.3 Å². The van der Waals surface area contributed by atoms with Crippen molar-refractivity contribution in [1.29, 1.82) is 0 Å². The Balaban J connectivity index is 2.07. The van der Waals surface area contributed by atoms with Crippen molar-refractivity contribution in [3.63, 3.8) is 0 Å². The molecule has 0 unspecified atom stereocenters. The monoisotopic (exact) mass is 339 g/mol. The summed E-state index contributed by atoms with van der Waals surface area (Å²) in [6, 6.07) is 11.9. The maximum Gasteiger partial charge on any atom is 0.119 e. The van der Waals surface area contributed by atoms with E-state index in [-0.39, 0.29) is 0 Å². The highest BCUT2D eigenvalue weighted by molar-refractivity contribution is 9.10. The van der Waals surface area contributed by atoms with Crippen molar-refractivity contribution in [2.45, 2.75) is 13.5 Å². The summed E-state index contributed by atoms with van der Waals surface area (Å²) in [6.07, 6.45) is 0. The third-order valence-corrected chi connectivity index (χ3v) is 4.11. The van der Waals surface area contributed by atoms with Gasteiger partial charge >= 0.3 is 0 Å². The molecule has 2 rings (SSSR count). The van der Waals surface area contributed by atoms with Gasteiger partial charge in [-0.25, -0.2) is 0 Å². The second-order valence-electron chi connectivity index (χ2n) is 4.28. The Bertz CT molecular complexity index is 586. The van der Waals surface area contributed by atoms with E-state index in [2.05, 4.69) is 28.2 Å². The number of methoxy groups -OCH3 is 1. The molecule has 0 aromatic heterocycles. The van der Waals surface area contributed by atoms with Crippen molar-refractivity contribution < 1.29 is 4.74 Å². The zero-order valence-corrected chi connectivity index (χ0v) is 13.2. The molecule has 0 heterocycles. The number of anilines is 1. The summed E-state index contributed by atoms with van der Waals surface area (Å²) in [4.78, 5) is 0. The van der Waals surface area contributed by atoms with Crippen LogP contribution in [0.1, 0.15) is 11.1 Å². The molecule has 0 bridgehead atoms. The number of aryl methyl sites for hydroxylation is 1. The van der Waals surface area contributed by atoms with Crippen LogP contribution < -0.4 is 10.1 Å². The van der Waals surface area contributed by atoms with Crippen molar-refractivity contribution in [3.8, 4) is 5.75 Å². The predicted molar refractivity (Wildman–Crippen MR) is 84.2 cm³/mol. The molecule has 0 amide bonds. The summed E-state index contributed by atoms with van der Waals surface area (Å²) < 4.78 is 6.11. The van der Waals surface area contributed by atoms with Crippen LogP contribution in [0.5, 0.6) is 5.75 Å². The Morgan fingerprint density at radius 1 is 1.21 bits per heavy atom. The Morgan fingerprint density at radius 3 is 2.63 bits per heavy atom. The van der Waals surface area contributed by atoms with Crippen LogP contribution in [-0.2, 0) is 6.54 Å². The Hall–Kier alpha value is -1.19. The van der Waals surface area contributed by atoms with Gasteiger partial charge in [0.1, 0.15) is 5.75 Å². The third-order valence-electron chi connectivity index (χ3n) is 2.90. The molecular weight excluding hydrogens is 326 g/mol. The van der Waals surface area contributed by atoms with E-state index in [1.54, 1.807) is 7.11 Å². The second-order valence-corrected chi connectivity index (χ2v) is 5.54. The Labute approximate surface area is 126 Å². The van der Waals surface area contributed by atoms with Gasteiger partial charge in [-0.15, -0.1) is 0 Å². The van der Waals surface area contributed by atoms with Crippen LogP contribution in [-0.4, -0.2) is 7.11 Å². The number of nitrogens with one attached hydrogen (secondary N) is 1. The fourth-order valence-corrected chi connectivity index (χ4v) is 2.35. The minimum absolute atomic E-state index is 0.726. The van der Waals surface area contributed by atoms with E-state index in [1.165, 1.54) is 5.56 Å². The first-order valence-electron chi connectivity index (χ1n) is 5.92. The first kappa shape index (κ1) is 14.2. The molecule has 0 aliphatic rings. The molecular formula is C15H15BrClNO. The van der Waals surface area contributed by atoms with E-state index in [0.29, 0.717) is 0 Å². The lowest BCUT2D eigenvalue weighted by Gasteiger charge is -2.11. The van der Waals surface area contributed by atoms with Gasteiger partial charge in [0, 0.05) is 16.7 Å². The van der Waals surface area contributed by atoms with Gasteiger partial charge in [-0.2, -0.15) is 0 Å². The van der Waals surface area contributed by atoms with Crippen LogP contribution in [0.4, 0.5) is 5.69 Å². The van der Waals surface area contributed by atoms with E-state index in [9.17, 15) is 0 Å². The number of rotatable bonds is 4. The topological polar surface area (TPSA) is 21.3 Å². The molecule has 0 saturated carbocycles. The standard InChI is InChI=1S/C15H15BrClNO/c1-10-7-12(19-2)4-6-15(10)18-9-11-3-5-14(17)13(16)8-11/h3-8,18H,9H2,1-2H3. The summed E-state index contributed by atoms with van der Waals surface area (Å²) in [5, 5.41) is 4.13. The maximum atomic E-state index is 5.98. The molecule has 0 saturated heterocycles. The number of hydrogen-bond acceptors (Lipinski definition) is 2. The molecule has 100 valence electrons. The smallest absolute Gasteiger partial charge is 0.119 e. The highest BCUT2D eigenvalue weighted by atomic mass is 79.9. The minimum atomic E-state index is 0.726. The largest absolute Gasteiger partial charge is 0.497 e. The van der Waals surface area contributed by atoms with Gasteiger partial charge in [0.05, 0.1) is 12.1 Å². The number of benzene rings is 2. The summed E-state index contributed by atoms with van der Waals surface area (Å²) in [5.74, 6) is 0.872. The highest BCUT2D eigenvalue weighted by Gasteiger charge is 2.02. The molecule has 0 fully saturated rings. The molecule has 2 aromatic rings. The van der Waals surface area contributed by atoms with Gasteiger partial charge < -0.3 is 10.1 Å². The van der Waals surface area contributed by atoms with Crippen molar-refractivity contribution in [3.05, 3.63) is 57.0 Å². The van der Waals surface area contributed by atoms with Gasteiger partial charge in [0.25, 0.3) is 0 Å². The number of halogens is 2. The van der Waals surface area contributed by atoms with Gasteiger partial charge in [-0.3, -0.25) is 0 Å². The fraction of sp³-hybridized carbons (Fsp3) is 0.200. The molecule has 0 aliphatic carbocycles. The van der Waals surface area contributed by atoms with E-state index < -0.39 is 0 Å². The van der Waals surface area contributed by atoms with Gasteiger partial charge in [-0.05, 0) is 64.3 Å². The summed E-state index contributed by atoms with van der Waals surface area (Å²) in [6.45, 7) is 2.81. The minimum Gasteiger partial charge on any atom is -0.497 e. The van der Waals surface area contributed by atoms with Crippen LogP contribution in [0.25, 0.3) is 0 Å². The molecule has 0 spiro atoms. The van der Waals surface area contributed by atoms with Crippen LogP contribution in [0.3, 0.4) is 0 Å². The second kappa shape index (κ2) is 6.31. The molecule has 19 heavy (non-hydrogen) atoms. The zero-order chi connectivity index (χ0) is 13.8. The molecule has 0 atom stereocenters. The fourth-order valence-electron chi connectivity index (χ4n) is 1.81. The molecule has 4 heteroatoms. The first-order chi connectivity index (χ1) is 9.10. The Morgan fingerprint density at radius 2 is 2.00 bits per heavy atom. The van der Waals surface area contributed by atoms with Gasteiger partial charge in [0.15, 0.2) is 0 Å². The first-order valence-corrected chi connectivity index (χ1v) is 7.09. The van der Waals surface area contributed by atoms with Gasteiger partial charge in [0.2, 0.25) is 0 Å². The number of hydrogen-bond donors (Lipinski definition) is 1. The molecule has 2 nitrogen and oxygen atoms in total. The predicted octanol–water partition coefficient (Wildman–Crippen LogP) is 5.03. The average molecular weight is 341 g/mol. The average Bonchev–Trinajstić information content (AvgIpc) is 2.41. The van der Waals surface area contributed by atoms with Crippen molar-refractivity contribution in [1.82, 2.24) is 0 Å². The van der Waals surface area contributed by atoms with Crippen LogP contribution in [0, 0.1) is 6.92 Å². The third kappa shape index (κ3) is 3.64. The maximum absolute atomic E-state index is 5.98. The lowest BCUT2D eigenvalue weighted by molar-refractivity contribution is 0.414. The van der Waals surface area contributed by atoms with Crippen molar-refractivity contribution in [2.24, 2.45) is 0 Å². The number of ether oxygens (including phenoxy) is 1. The van der Waals surface area contributed by atoms with Crippen molar-refractivity contribution >= 4 is 33.2 Å². The van der Waals surface area contributed by atoms with Gasteiger partial charge in [-0.1, -0.05) is 17.7 Å². The van der Waals surface area contributed by atoms with E-state index >= 15 is 0 Å². The lowest BCUT2D eigenvalue weighted by atomic mass is 10.1. The van der Waals surface area contributed by atoms with Crippen LogP contribution in [0.15, 0.2) is 40.9 Å². The van der Waals surface area contributed by atoms with Crippen LogP contribution >= 0.6 is 27.5 Å². The Kier molecular flexibility index (Phi) is 4.72. The van der Waals surface area contributed by atoms with Crippen LogP contribution in [0.2, 0.25) is 5.02 Å². The quantitative estimate of drug-likeness (QED) is 0.842. The summed E-state index contributed by atoms with van der Waals surface area (Å²) >= 11 is 9.40. The molecule has 0 aliphatic heterocycles. The molecule has 1 N–H and O–H groups in total. The summed E-state index contributed by atoms with van der Waals surface area (Å²) in [7, 11) is 1.67.